The number of hydrogen-bond donors (Lipinski definition) is 0. The molecule has 0 spiro atoms. The molecule has 0 aliphatic heterocycles. The third-order valence-electron chi connectivity index (χ3n) is 5.38. The van der Waals surface area contributed by atoms with Crippen LogP contribution in [-0.2, 0) is 15.1 Å². The molecule has 181 valence electrons. The van der Waals surface area contributed by atoms with Gasteiger partial charge in [0.2, 0.25) is 0 Å². The molecule has 0 fully saturated rings. The van der Waals surface area contributed by atoms with E-state index in [2.05, 4.69) is 154 Å². The zero-order valence-electron chi connectivity index (χ0n) is 20.2. The van der Waals surface area contributed by atoms with Crippen LogP contribution in [-0.4, -0.2) is 13.3 Å². The van der Waals surface area contributed by atoms with Crippen LogP contribution in [0.5, 0.6) is 0 Å². The maximum atomic E-state index is 2.34. The molecular formula is C31H33IOsP2+. The van der Waals surface area contributed by atoms with Crippen molar-refractivity contribution in [3.63, 3.8) is 0 Å². The first-order chi connectivity index (χ1) is 17.3. The Kier molecular flexibility index (Phi) is 15.8. The molecule has 0 aliphatic carbocycles. The maximum absolute atomic E-state index is 2.34. The Balaban J connectivity index is 0.000000195. The molecule has 0 N–H and O–H groups in total. The van der Waals surface area contributed by atoms with Crippen LogP contribution in [0, 0.1) is 0 Å². The molecule has 0 amide bonds. The Hall–Kier alpha value is -1.54. The van der Waals surface area contributed by atoms with Crippen molar-refractivity contribution in [2.45, 2.75) is 0 Å². The molecule has 0 saturated heterocycles. The van der Waals surface area contributed by atoms with Crippen molar-refractivity contribution in [1.82, 2.24) is 0 Å². The van der Waals surface area contributed by atoms with E-state index < -0.39 is 15.8 Å². The molecule has 0 atom stereocenters. The van der Waals surface area contributed by atoms with Gasteiger partial charge in [0.1, 0.15) is 0 Å². The number of benzene rings is 4. The van der Waals surface area contributed by atoms with E-state index >= 15 is 0 Å². The molecule has 0 aromatic heterocycles. The van der Waals surface area contributed by atoms with E-state index in [9.17, 15) is 0 Å². The van der Waals surface area contributed by atoms with Crippen molar-refractivity contribution in [1.29, 1.82) is 0 Å². The average molecular weight is 785 g/mol. The summed E-state index contributed by atoms with van der Waals surface area (Å²) in [6.07, 6.45) is 0. The first-order valence-corrected chi connectivity index (χ1v) is 22.6. The monoisotopic (exact) mass is 786 g/mol. The van der Waals surface area contributed by atoms with Crippen molar-refractivity contribution in [3.05, 3.63) is 152 Å². The van der Waals surface area contributed by atoms with Gasteiger partial charge in [-0.05, 0) is 48.5 Å². The van der Waals surface area contributed by atoms with Crippen LogP contribution in [0.4, 0.5) is 0 Å². The molecule has 35 heavy (non-hydrogen) atoms. The van der Waals surface area contributed by atoms with Crippen LogP contribution < -0.4 is 21.2 Å². The Bertz CT molecular complexity index is 943. The maximum Gasteiger partial charge on any atom is -0.172 e. The predicted octanol–water partition coefficient (Wildman–Crippen LogP) is 7.25. The van der Waals surface area contributed by atoms with Crippen LogP contribution in [0.25, 0.3) is 0 Å². The zero-order chi connectivity index (χ0) is 25.1. The Labute approximate surface area is 235 Å². The van der Waals surface area contributed by atoms with Gasteiger partial charge in [0.05, 0.1) is 50.4 Å². The summed E-state index contributed by atoms with van der Waals surface area (Å²) < 4.78 is 0. The molecule has 0 radical (unpaired) electrons. The normalized spacial score (nSPS) is 9.66. The smallest absolute Gasteiger partial charge is 0.172 e. The summed E-state index contributed by atoms with van der Waals surface area (Å²) in [6, 6.07) is 53.0. The molecule has 0 unspecified atom stereocenters. The number of rotatable bonds is 4. The van der Waals surface area contributed by atoms with Gasteiger partial charge in [-0.2, -0.15) is 18.2 Å². The minimum absolute atomic E-state index is 0.545. The van der Waals surface area contributed by atoms with Crippen LogP contribution in [0.15, 0.2) is 152 Å². The summed E-state index contributed by atoms with van der Waals surface area (Å²) in [5, 5.41) is 5.90. The zero-order valence-corrected chi connectivity index (χ0v) is 26.9. The molecule has 0 saturated carbocycles. The average Bonchev–Trinajstić information content (AvgIpc) is 3.56. The van der Waals surface area contributed by atoms with E-state index in [1.54, 1.807) is 0 Å². The van der Waals surface area contributed by atoms with Crippen molar-refractivity contribution in [2.75, 3.05) is 13.3 Å². The molecule has 0 nitrogen and oxygen atoms in total. The van der Waals surface area contributed by atoms with E-state index in [4.69, 9.17) is 0 Å². The standard InChI is InChI=1S/2C13H13P.C5H5.HI.Os/c2*1-14(12-8-4-2-5-9-12)13-10-6-3-7-11-13;1-2-4-5-3-1;;/h2*2-11H,1H3;1-5H;1H;/q;;-1;;+1/p+1. The second-order valence-corrected chi connectivity index (χ2v) is 12.5. The largest absolute Gasteiger partial charge is 0.214 e. The summed E-state index contributed by atoms with van der Waals surface area (Å²) in [5.74, 6) is 0. The van der Waals surface area contributed by atoms with E-state index in [1.807, 2.05) is 45.4 Å². The molecule has 0 heterocycles. The van der Waals surface area contributed by atoms with Gasteiger partial charge in [-0.1, -0.05) is 72.8 Å². The summed E-state index contributed by atoms with van der Waals surface area (Å²) >= 11 is 4.01. The molecule has 4 heteroatoms. The first kappa shape index (κ1) is 29.7. The SMILES string of the molecule is C[PH+](c1ccccc1)c1ccccc1.C[PH+](c1ccccc1)c1ccccc1.[I][Os].c1cc[cH-]c1. The summed E-state index contributed by atoms with van der Waals surface area (Å²) in [4.78, 5) is 0. The molecule has 5 aromatic carbocycles. The first-order valence-electron chi connectivity index (χ1n) is 11.4. The second kappa shape index (κ2) is 18.7. The topological polar surface area (TPSA) is 0 Å². The van der Waals surface area contributed by atoms with Gasteiger partial charge >= 0.3 is 34.7 Å². The molecule has 0 bridgehead atoms. The van der Waals surface area contributed by atoms with E-state index in [0.717, 1.165) is 0 Å². The minimum atomic E-state index is -0.545. The van der Waals surface area contributed by atoms with Crippen LogP contribution >= 0.6 is 35.5 Å². The van der Waals surface area contributed by atoms with Crippen molar-refractivity contribution < 1.29 is 15.1 Å². The van der Waals surface area contributed by atoms with Crippen LogP contribution in [0.3, 0.4) is 0 Å². The van der Waals surface area contributed by atoms with Gasteiger partial charge in [-0.25, -0.2) is 12.1 Å². The summed E-state index contributed by atoms with van der Waals surface area (Å²) in [6.45, 7) is 4.69. The number of halogens is 1. The van der Waals surface area contributed by atoms with Crippen molar-refractivity contribution in [2.24, 2.45) is 0 Å². The quantitative estimate of drug-likeness (QED) is 0.102. The minimum Gasteiger partial charge on any atom is -0.214 e. The Morgan fingerprint density at radius 1 is 0.429 bits per heavy atom. The third kappa shape index (κ3) is 11.4. The molecule has 5 aromatic rings. The van der Waals surface area contributed by atoms with E-state index in [1.165, 1.54) is 21.2 Å². The fraction of sp³-hybridized carbons (Fsp3) is 0.0645. The van der Waals surface area contributed by atoms with E-state index in [0.29, 0.717) is 0 Å². The summed E-state index contributed by atoms with van der Waals surface area (Å²) in [7, 11) is -1.09. The fourth-order valence-electron chi connectivity index (χ4n) is 3.41. The van der Waals surface area contributed by atoms with E-state index in [-0.39, 0.29) is 0 Å². The van der Waals surface area contributed by atoms with Gasteiger partial charge in [-0.3, -0.25) is 0 Å². The number of hydrogen-bond acceptors (Lipinski definition) is 0. The van der Waals surface area contributed by atoms with Gasteiger partial charge in [0, 0.05) is 0 Å². The predicted molar refractivity (Wildman–Crippen MR) is 169 cm³/mol. The van der Waals surface area contributed by atoms with Crippen LogP contribution in [0.1, 0.15) is 0 Å². The molecule has 5 rings (SSSR count). The van der Waals surface area contributed by atoms with Gasteiger partial charge in [-0.15, -0.1) is 0 Å². The van der Waals surface area contributed by atoms with Gasteiger partial charge in [0.25, 0.3) is 0 Å². The fourth-order valence-corrected chi connectivity index (χ4v) is 6.84. The van der Waals surface area contributed by atoms with Crippen LogP contribution in [0.2, 0.25) is 0 Å². The third-order valence-corrected chi connectivity index (χ3v) is 10.2. The second-order valence-electron chi connectivity index (χ2n) is 7.68. The van der Waals surface area contributed by atoms with Gasteiger partial charge < -0.3 is 0 Å². The van der Waals surface area contributed by atoms with Crippen molar-refractivity contribution >= 4 is 56.7 Å². The molecular weight excluding hydrogens is 751 g/mol. The van der Waals surface area contributed by atoms with Crippen molar-refractivity contribution in [3.8, 4) is 0 Å². The Morgan fingerprint density at radius 2 is 0.657 bits per heavy atom. The molecule has 0 aliphatic rings. The van der Waals surface area contributed by atoms with Gasteiger partial charge in [0.15, 0.2) is 0 Å². The Morgan fingerprint density at radius 3 is 0.829 bits per heavy atom. The summed E-state index contributed by atoms with van der Waals surface area (Å²) in [5.41, 5.74) is 0.